The van der Waals surface area contributed by atoms with E-state index >= 15 is 0 Å². The Morgan fingerprint density at radius 2 is 2.62 bits per heavy atom. The van der Waals surface area contributed by atoms with Crippen LogP contribution in [0.25, 0.3) is 0 Å². The van der Waals surface area contributed by atoms with Crippen molar-refractivity contribution in [1.29, 1.82) is 0 Å². The summed E-state index contributed by atoms with van der Waals surface area (Å²) in [7, 11) is 0. The Kier molecular flexibility index (Phi) is 1.90. The molecule has 0 aromatic rings. The van der Waals surface area contributed by atoms with E-state index in [2.05, 4.69) is 16.6 Å². The molecular formula is C6H9N2. The highest BCUT2D eigenvalue weighted by Gasteiger charge is 2.08. The summed E-state index contributed by atoms with van der Waals surface area (Å²) in [6.45, 7) is 2.71. The summed E-state index contributed by atoms with van der Waals surface area (Å²) in [4.78, 5) is 0. The fourth-order valence-corrected chi connectivity index (χ4v) is 0.714. The first-order valence-electron chi connectivity index (χ1n) is 2.77. The van der Waals surface area contributed by atoms with Crippen molar-refractivity contribution in [2.45, 2.75) is 6.04 Å². The van der Waals surface area contributed by atoms with Gasteiger partial charge in [-0.05, 0) is 0 Å². The van der Waals surface area contributed by atoms with Crippen molar-refractivity contribution in [3.05, 3.63) is 0 Å². The SMILES string of the molecule is C#CC1CNCC[N]1. The fraction of sp³-hybridized carbons (Fsp3) is 0.667. The van der Waals surface area contributed by atoms with Crippen LogP contribution in [0.15, 0.2) is 0 Å². The van der Waals surface area contributed by atoms with Crippen molar-refractivity contribution in [1.82, 2.24) is 10.6 Å². The van der Waals surface area contributed by atoms with Gasteiger partial charge in [0.1, 0.15) is 0 Å². The number of hydrogen-bond donors (Lipinski definition) is 1. The summed E-state index contributed by atoms with van der Waals surface area (Å²) in [6.07, 6.45) is 5.12. The number of nitrogens with zero attached hydrogens (tertiary/aromatic N) is 1. The van der Waals surface area contributed by atoms with E-state index in [0.717, 1.165) is 19.6 Å². The van der Waals surface area contributed by atoms with E-state index in [9.17, 15) is 0 Å². The molecule has 1 rings (SSSR count). The highest BCUT2D eigenvalue weighted by molar-refractivity contribution is 5.01. The molecule has 43 valence electrons. The van der Waals surface area contributed by atoms with Gasteiger partial charge in [-0.1, -0.05) is 5.92 Å². The van der Waals surface area contributed by atoms with Crippen LogP contribution in [-0.2, 0) is 0 Å². The van der Waals surface area contributed by atoms with Gasteiger partial charge in [0.25, 0.3) is 0 Å². The maximum Gasteiger partial charge on any atom is 0.0974 e. The van der Waals surface area contributed by atoms with Crippen LogP contribution in [0.3, 0.4) is 0 Å². The molecule has 0 aliphatic carbocycles. The molecule has 0 aromatic carbocycles. The van der Waals surface area contributed by atoms with E-state index in [1.165, 1.54) is 0 Å². The highest BCUT2D eigenvalue weighted by atomic mass is 15.0. The number of rotatable bonds is 0. The summed E-state index contributed by atoms with van der Waals surface area (Å²) >= 11 is 0. The highest BCUT2D eigenvalue weighted by Crippen LogP contribution is 1.84. The van der Waals surface area contributed by atoms with E-state index < -0.39 is 0 Å². The lowest BCUT2D eigenvalue weighted by Gasteiger charge is -2.17. The molecule has 0 amide bonds. The number of terminal acetylenes is 1. The van der Waals surface area contributed by atoms with E-state index in [-0.39, 0.29) is 6.04 Å². The van der Waals surface area contributed by atoms with E-state index in [4.69, 9.17) is 6.42 Å². The van der Waals surface area contributed by atoms with Crippen LogP contribution in [-0.4, -0.2) is 25.7 Å². The minimum atomic E-state index is 0.128. The molecule has 1 N–H and O–H groups in total. The van der Waals surface area contributed by atoms with Crippen LogP contribution in [0, 0.1) is 12.3 Å². The minimum Gasteiger partial charge on any atom is -0.313 e. The average Bonchev–Trinajstić information content (AvgIpc) is 1.90. The van der Waals surface area contributed by atoms with Crippen molar-refractivity contribution in [2.24, 2.45) is 0 Å². The maximum absolute atomic E-state index is 5.12. The lowest BCUT2D eigenvalue weighted by molar-refractivity contribution is 0.472. The number of nitrogens with one attached hydrogen (secondary N) is 1. The van der Waals surface area contributed by atoms with Crippen molar-refractivity contribution in [2.75, 3.05) is 19.6 Å². The first kappa shape index (κ1) is 5.61. The molecule has 0 saturated carbocycles. The molecule has 1 unspecified atom stereocenters. The van der Waals surface area contributed by atoms with Gasteiger partial charge in [-0.25, -0.2) is 5.32 Å². The van der Waals surface area contributed by atoms with Crippen molar-refractivity contribution >= 4 is 0 Å². The zero-order valence-corrected chi connectivity index (χ0v) is 4.72. The van der Waals surface area contributed by atoms with Crippen LogP contribution in [0.4, 0.5) is 0 Å². The Balaban J connectivity index is 2.25. The second-order valence-corrected chi connectivity index (χ2v) is 1.79. The Morgan fingerprint density at radius 1 is 1.75 bits per heavy atom. The molecule has 1 heterocycles. The predicted molar refractivity (Wildman–Crippen MR) is 32.5 cm³/mol. The summed E-state index contributed by atoms with van der Waals surface area (Å²) < 4.78 is 0. The largest absolute Gasteiger partial charge is 0.313 e. The van der Waals surface area contributed by atoms with Gasteiger partial charge < -0.3 is 5.32 Å². The van der Waals surface area contributed by atoms with Crippen LogP contribution in [0.2, 0.25) is 0 Å². The van der Waals surface area contributed by atoms with E-state index in [0.29, 0.717) is 0 Å². The third kappa shape index (κ3) is 1.22. The molecule has 0 spiro atoms. The van der Waals surface area contributed by atoms with Gasteiger partial charge in [0.2, 0.25) is 0 Å². The molecule has 1 aliphatic heterocycles. The van der Waals surface area contributed by atoms with Crippen molar-refractivity contribution < 1.29 is 0 Å². The molecule has 1 saturated heterocycles. The van der Waals surface area contributed by atoms with Gasteiger partial charge in [-0.15, -0.1) is 6.42 Å². The second-order valence-electron chi connectivity index (χ2n) is 1.79. The average molecular weight is 109 g/mol. The molecule has 1 atom stereocenters. The summed E-state index contributed by atoms with van der Waals surface area (Å²) in [6, 6.07) is 0.128. The third-order valence-electron chi connectivity index (χ3n) is 1.17. The molecule has 0 bridgehead atoms. The molecule has 1 radical (unpaired) electrons. The Labute approximate surface area is 49.7 Å². The van der Waals surface area contributed by atoms with Crippen molar-refractivity contribution in [3.63, 3.8) is 0 Å². The minimum absolute atomic E-state index is 0.128. The predicted octanol–water partition coefficient (Wildman–Crippen LogP) is -0.804. The smallest absolute Gasteiger partial charge is 0.0974 e. The van der Waals surface area contributed by atoms with Crippen molar-refractivity contribution in [3.8, 4) is 12.3 Å². The Bertz CT molecular complexity index is 97.6. The van der Waals surface area contributed by atoms with Crippen LogP contribution in [0.5, 0.6) is 0 Å². The van der Waals surface area contributed by atoms with Gasteiger partial charge >= 0.3 is 0 Å². The first-order valence-corrected chi connectivity index (χ1v) is 2.77. The Hall–Kier alpha value is -0.520. The third-order valence-corrected chi connectivity index (χ3v) is 1.17. The maximum atomic E-state index is 5.12. The Morgan fingerprint density at radius 3 is 3.00 bits per heavy atom. The summed E-state index contributed by atoms with van der Waals surface area (Å²) in [5, 5.41) is 7.30. The molecule has 2 heteroatoms. The van der Waals surface area contributed by atoms with Gasteiger partial charge in [-0.2, -0.15) is 0 Å². The number of hydrogen-bond acceptors (Lipinski definition) is 1. The zero-order chi connectivity index (χ0) is 5.82. The summed E-state index contributed by atoms with van der Waals surface area (Å²) in [5.74, 6) is 2.57. The van der Waals surface area contributed by atoms with E-state index in [1.54, 1.807) is 0 Å². The molecule has 1 aliphatic rings. The second kappa shape index (κ2) is 2.71. The molecular weight excluding hydrogens is 100 g/mol. The van der Waals surface area contributed by atoms with Crippen LogP contribution >= 0.6 is 0 Å². The molecule has 8 heavy (non-hydrogen) atoms. The first-order chi connectivity index (χ1) is 3.93. The standard InChI is InChI=1S/C6H9N2/c1-2-6-5-7-3-4-8-6/h1,6-7H,3-5H2. The van der Waals surface area contributed by atoms with Gasteiger partial charge in [0, 0.05) is 19.6 Å². The normalized spacial score (nSPS) is 29.1. The van der Waals surface area contributed by atoms with E-state index in [1.807, 2.05) is 0 Å². The topological polar surface area (TPSA) is 26.1 Å². The lowest BCUT2D eigenvalue weighted by atomic mass is 10.2. The van der Waals surface area contributed by atoms with Gasteiger partial charge in [0.15, 0.2) is 0 Å². The lowest BCUT2D eigenvalue weighted by Crippen LogP contribution is -2.43. The quantitative estimate of drug-likeness (QED) is 0.405. The molecule has 1 fully saturated rings. The van der Waals surface area contributed by atoms with Crippen LogP contribution in [0.1, 0.15) is 0 Å². The molecule has 0 aromatic heterocycles. The van der Waals surface area contributed by atoms with Crippen LogP contribution < -0.4 is 10.6 Å². The van der Waals surface area contributed by atoms with Gasteiger partial charge in [-0.3, -0.25) is 0 Å². The monoisotopic (exact) mass is 109 g/mol. The van der Waals surface area contributed by atoms with Gasteiger partial charge in [0.05, 0.1) is 6.04 Å². The zero-order valence-electron chi connectivity index (χ0n) is 4.72. The number of piperazine rings is 1. The molecule has 2 nitrogen and oxygen atoms in total. The fourth-order valence-electron chi connectivity index (χ4n) is 0.714. The summed E-state index contributed by atoms with van der Waals surface area (Å²) in [5.41, 5.74) is 0.